The molecule has 5 nitrogen and oxygen atoms in total. The first-order chi connectivity index (χ1) is 8.15. The number of rotatable bonds is 4. The van der Waals surface area contributed by atoms with Crippen LogP contribution in [0, 0.1) is 6.92 Å². The second-order valence-corrected chi connectivity index (χ2v) is 3.66. The maximum Gasteiger partial charge on any atom is 0.371 e. The van der Waals surface area contributed by atoms with Crippen LogP contribution in [0.15, 0.2) is 30.5 Å². The molecule has 2 rings (SSSR count). The second-order valence-electron chi connectivity index (χ2n) is 3.66. The molecule has 88 valence electrons. The zero-order valence-electron chi connectivity index (χ0n) is 9.30. The van der Waals surface area contributed by atoms with Crippen molar-refractivity contribution in [3.63, 3.8) is 0 Å². The molecule has 0 bridgehead atoms. The van der Waals surface area contributed by atoms with E-state index in [1.165, 1.54) is 6.20 Å². The maximum atomic E-state index is 10.6. The summed E-state index contributed by atoms with van der Waals surface area (Å²) in [5.74, 6) is -0.416. The van der Waals surface area contributed by atoms with Crippen molar-refractivity contribution in [2.45, 2.75) is 13.5 Å². The third kappa shape index (κ3) is 2.84. The monoisotopic (exact) mass is 232 g/mol. The molecule has 5 heteroatoms. The molecule has 0 aliphatic carbocycles. The molecule has 0 spiro atoms. The molecule has 0 saturated carbocycles. The molecule has 17 heavy (non-hydrogen) atoms. The van der Waals surface area contributed by atoms with Gasteiger partial charge in [0.1, 0.15) is 12.4 Å². The van der Waals surface area contributed by atoms with Gasteiger partial charge in [-0.2, -0.15) is 0 Å². The van der Waals surface area contributed by atoms with E-state index in [0.29, 0.717) is 5.69 Å². The van der Waals surface area contributed by atoms with E-state index < -0.39 is 5.97 Å². The van der Waals surface area contributed by atoms with Gasteiger partial charge in [0.2, 0.25) is 5.82 Å². The Labute approximate surface area is 98.1 Å². The van der Waals surface area contributed by atoms with Crippen LogP contribution in [0.25, 0.3) is 0 Å². The number of carboxylic acids is 1. The van der Waals surface area contributed by atoms with Gasteiger partial charge in [-0.1, -0.05) is 17.7 Å². The molecule has 1 aromatic carbocycles. The summed E-state index contributed by atoms with van der Waals surface area (Å²) >= 11 is 0. The number of benzene rings is 1. The number of nitrogens with zero attached hydrogens (tertiary/aromatic N) is 1. The van der Waals surface area contributed by atoms with Crippen LogP contribution < -0.4 is 4.74 Å². The zero-order chi connectivity index (χ0) is 12.3. The third-order valence-corrected chi connectivity index (χ3v) is 2.25. The molecule has 0 atom stereocenters. The van der Waals surface area contributed by atoms with E-state index in [4.69, 9.17) is 9.84 Å². The smallest absolute Gasteiger partial charge is 0.371 e. The number of imidazole rings is 1. The SMILES string of the molecule is Cc1ccc(OCc2cnc(C(=O)O)[nH]2)cc1. The van der Waals surface area contributed by atoms with E-state index in [-0.39, 0.29) is 12.4 Å². The van der Waals surface area contributed by atoms with E-state index in [9.17, 15) is 4.79 Å². The minimum absolute atomic E-state index is 0.0764. The van der Waals surface area contributed by atoms with E-state index in [1.807, 2.05) is 31.2 Å². The fraction of sp³-hybridized carbons (Fsp3) is 0.167. The Bertz CT molecular complexity index is 517. The van der Waals surface area contributed by atoms with Crippen molar-refractivity contribution in [2.75, 3.05) is 0 Å². The topological polar surface area (TPSA) is 75.2 Å². The molecule has 2 aromatic rings. The molecular formula is C12H12N2O3. The summed E-state index contributed by atoms with van der Waals surface area (Å²) in [6.45, 7) is 2.27. The molecule has 2 N–H and O–H groups in total. The van der Waals surface area contributed by atoms with Gasteiger partial charge in [0.05, 0.1) is 11.9 Å². The molecule has 0 aliphatic rings. The largest absolute Gasteiger partial charge is 0.487 e. The molecule has 0 fully saturated rings. The Hall–Kier alpha value is -2.30. The summed E-state index contributed by atoms with van der Waals surface area (Å²) in [5, 5.41) is 8.68. The standard InChI is InChI=1S/C12H12N2O3/c1-8-2-4-10(5-3-8)17-7-9-6-13-11(14-9)12(15)16/h2-6H,7H2,1H3,(H,13,14)(H,15,16). The number of aromatic nitrogens is 2. The Balaban J connectivity index is 1.97. The van der Waals surface area contributed by atoms with Crippen LogP contribution in [0.1, 0.15) is 21.9 Å². The van der Waals surface area contributed by atoms with Crippen molar-refractivity contribution in [3.8, 4) is 5.75 Å². The zero-order valence-corrected chi connectivity index (χ0v) is 9.30. The summed E-state index contributed by atoms with van der Waals surface area (Å²) in [7, 11) is 0. The van der Waals surface area contributed by atoms with Crippen LogP contribution in [-0.2, 0) is 6.61 Å². The molecular weight excluding hydrogens is 220 g/mol. The highest BCUT2D eigenvalue weighted by atomic mass is 16.5. The summed E-state index contributed by atoms with van der Waals surface area (Å²) < 4.78 is 5.48. The molecule has 1 aromatic heterocycles. The van der Waals surface area contributed by atoms with Crippen molar-refractivity contribution in [3.05, 3.63) is 47.5 Å². The normalized spacial score (nSPS) is 10.2. The van der Waals surface area contributed by atoms with Gasteiger partial charge in [0.15, 0.2) is 0 Å². The Kier molecular flexibility index (Phi) is 3.09. The lowest BCUT2D eigenvalue weighted by Gasteiger charge is -2.04. The number of hydrogen-bond donors (Lipinski definition) is 2. The number of ether oxygens (including phenoxy) is 1. The molecule has 0 unspecified atom stereocenters. The van der Waals surface area contributed by atoms with Gasteiger partial charge in [-0.15, -0.1) is 0 Å². The van der Waals surface area contributed by atoms with Crippen molar-refractivity contribution in [1.82, 2.24) is 9.97 Å². The molecule has 0 radical (unpaired) electrons. The summed E-state index contributed by atoms with van der Waals surface area (Å²) in [4.78, 5) is 17.0. The summed E-state index contributed by atoms with van der Waals surface area (Å²) in [6, 6.07) is 7.63. The fourth-order valence-electron chi connectivity index (χ4n) is 1.34. The number of hydrogen-bond acceptors (Lipinski definition) is 3. The molecule has 0 aliphatic heterocycles. The molecule has 0 saturated heterocycles. The Morgan fingerprint density at radius 1 is 1.41 bits per heavy atom. The first-order valence-corrected chi connectivity index (χ1v) is 5.12. The predicted octanol–water partition coefficient (Wildman–Crippen LogP) is 2.00. The van der Waals surface area contributed by atoms with Gasteiger partial charge in [0.25, 0.3) is 0 Å². The maximum absolute atomic E-state index is 10.6. The highest BCUT2D eigenvalue weighted by Crippen LogP contribution is 2.13. The number of aryl methyl sites for hydroxylation is 1. The minimum Gasteiger partial charge on any atom is -0.487 e. The minimum atomic E-state index is -1.08. The van der Waals surface area contributed by atoms with E-state index in [2.05, 4.69) is 9.97 Å². The van der Waals surface area contributed by atoms with Gasteiger partial charge in [0, 0.05) is 0 Å². The van der Waals surface area contributed by atoms with Crippen molar-refractivity contribution in [1.29, 1.82) is 0 Å². The Morgan fingerprint density at radius 2 is 2.12 bits per heavy atom. The van der Waals surface area contributed by atoms with Crippen molar-refractivity contribution >= 4 is 5.97 Å². The third-order valence-electron chi connectivity index (χ3n) is 2.25. The molecule has 1 heterocycles. The highest BCUT2D eigenvalue weighted by molar-refractivity contribution is 5.83. The van der Waals surface area contributed by atoms with E-state index in [1.54, 1.807) is 0 Å². The average Bonchev–Trinajstić information content (AvgIpc) is 2.77. The van der Waals surface area contributed by atoms with Crippen LogP contribution in [0.4, 0.5) is 0 Å². The van der Waals surface area contributed by atoms with Crippen LogP contribution >= 0.6 is 0 Å². The van der Waals surface area contributed by atoms with Gasteiger partial charge in [-0.3, -0.25) is 0 Å². The summed E-state index contributed by atoms with van der Waals surface area (Å²) in [6.07, 6.45) is 1.46. The van der Waals surface area contributed by atoms with Crippen LogP contribution in [-0.4, -0.2) is 21.0 Å². The quantitative estimate of drug-likeness (QED) is 0.845. The fourth-order valence-corrected chi connectivity index (χ4v) is 1.34. The molecule has 0 amide bonds. The average molecular weight is 232 g/mol. The number of aromatic amines is 1. The highest BCUT2D eigenvalue weighted by Gasteiger charge is 2.07. The van der Waals surface area contributed by atoms with Crippen LogP contribution in [0.3, 0.4) is 0 Å². The first-order valence-electron chi connectivity index (χ1n) is 5.12. The summed E-state index contributed by atoms with van der Waals surface area (Å²) in [5.41, 5.74) is 1.79. The number of carboxylic acid groups (broad SMARTS) is 1. The van der Waals surface area contributed by atoms with Crippen molar-refractivity contribution in [2.24, 2.45) is 0 Å². The number of nitrogens with one attached hydrogen (secondary N) is 1. The lowest BCUT2D eigenvalue weighted by Crippen LogP contribution is -2.00. The number of H-pyrrole nitrogens is 1. The van der Waals surface area contributed by atoms with Crippen LogP contribution in [0.5, 0.6) is 5.75 Å². The Morgan fingerprint density at radius 3 is 2.71 bits per heavy atom. The van der Waals surface area contributed by atoms with E-state index >= 15 is 0 Å². The number of aromatic carboxylic acids is 1. The van der Waals surface area contributed by atoms with Gasteiger partial charge in [-0.05, 0) is 19.1 Å². The van der Waals surface area contributed by atoms with Crippen LogP contribution in [0.2, 0.25) is 0 Å². The first kappa shape index (κ1) is 11.2. The second kappa shape index (κ2) is 4.69. The number of carbonyl (C=O) groups is 1. The van der Waals surface area contributed by atoms with Gasteiger partial charge >= 0.3 is 5.97 Å². The van der Waals surface area contributed by atoms with Gasteiger partial charge in [-0.25, -0.2) is 9.78 Å². The van der Waals surface area contributed by atoms with Gasteiger partial charge < -0.3 is 14.8 Å². The predicted molar refractivity (Wildman–Crippen MR) is 61.1 cm³/mol. The lowest BCUT2D eigenvalue weighted by atomic mass is 10.2. The lowest BCUT2D eigenvalue weighted by molar-refractivity contribution is 0.0684. The van der Waals surface area contributed by atoms with E-state index in [0.717, 1.165) is 11.3 Å². The van der Waals surface area contributed by atoms with Crippen molar-refractivity contribution < 1.29 is 14.6 Å².